The lowest BCUT2D eigenvalue weighted by atomic mass is 10.1. The molecule has 0 radical (unpaired) electrons. The Morgan fingerprint density at radius 3 is 2.74 bits per heavy atom. The van der Waals surface area contributed by atoms with Crippen molar-refractivity contribution < 1.29 is 9.53 Å². The van der Waals surface area contributed by atoms with E-state index in [9.17, 15) is 4.79 Å². The van der Waals surface area contributed by atoms with Crippen LogP contribution in [0.2, 0.25) is 0 Å². The quantitative estimate of drug-likeness (QED) is 0.852. The zero-order valence-corrected chi connectivity index (χ0v) is 10.6. The van der Waals surface area contributed by atoms with Crippen molar-refractivity contribution in [2.75, 3.05) is 13.1 Å². The lowest BCUT2D eigenvalue weighted by molar-refractivity contribution is 0.162. The van der Waals surface area contributed by atoms with Crippen molar-refractivity contribution >= 4 is 16.9 Å². The van der Waals surface area contributed by atoms with Crippen LogP contribution in [0.15, 0.2) is 42.5 Å². The van der Waals surface area contributed by atoms with Gasteiger partial charge in [-0.3, -0.25) is 0 Å². The molecular formula is C15H16N2O2. The number of ether oxygens (including phenoxy) is 1. The molecule has 2 aromatic rings. The molecule has 4 heteroatoms. The van der Waals surface area contributed by atoms with Crippen molar-refractivity contribution in [3.63, 3.8) is 0 Å². The van der Waals surface area contributed by atoms with E-state index in [1.54, 1.807) is 4.90 Å². The van der Waals surface area contributed by atoms with Crippen molar-refractivity contribution in [3.8, 4) is 5.75 Å². The maximum Gasteiger partial charge on any atom is 0.415 e. The van der Waals surface area contributed by atoms with Crippen LogP contribution in [0.25, 0.3) is 10.8 Å². The summed E-state index contributed by atoms with van der Waals surface area (Å²) in [7, 11) is 0. The molecule has 1 saturated heterocycles. The second-order valence-corrected chi connectivity index (χ2v) is 4.87. The van der Waals surface area contributed by atoms with Gasteiger partial charge in [0.1, 0.15) is 5.75 Å². The van der Waals surface area contributed by atoms with Gasteiger partial charge in [0.2, 0.25) is 0 Å². The molecule has 1 aliphatic heterocycles. The van der Waals surface area contributed by atoms with Gasteiger partial charge in [0.05, 0.1) is 0 Å². The average molecular weight is 256 g/mol. The average Bonchev–Trinajstić information content (AvgIpc) is 2.85. The van der Waals surface area contributed by atoms with Crippen LogP contribution < -0.4 is 10.5 Å². The molecule has 2 aromatic carbocycles. The first kappa shape index (κ1) is 12.0. The van der Waals surface area contributed by atoms with E-state index in [0.717, 1.165) is 17.2 Å². The summed E-state index contributed by atoms with van der Waals surface area (Å²) in [5.41, 5.74) is 5.78. The number of rotatable bonds is 1. The number of carbonyl (C=O) groups excluding carboxylic acids is 1. The number of hydrogen-bond donors (Lipinski definition) is 1. The second kappa shape index (κ2) is 4.90. The molecule has 1 aliphatic rings. The Bertz CT molecular complexity index is 612. The Kier molecular flexibility index (Phi) is 3.09. The first-order valence-electron chi connectivity index (χ1n) is 6.43. The molecule has 98 valence electrons. The highest BCUT2D eigenvalue weighted by molar-refractivity contribution is 5.84. The molecule has 0 bridgehead atoms. The minimum Gasteiger partial charge on any atom is -0.410 e. The van der Waals surface area contributed by atoms with Gasteiger partial charge in [0, 0.05) is 19.1 Å². The Morgan fingerprint density at radius 1 is 1.21 bits per heavy atom. The molecule has 1 amide bonds. The van der Waals surface area contributed by atoms with Crippen LogP contribution in [0.5, 0.6) is 5.75 Å². The van der Waals surface area contributed by atoms with E-state index in [1.165, 1.54) is 0 Å². The molecule has 19 heavy (non-hydrogen) atoms. The van der Waals surface area contributed by atoms with E-state index in [2.05, 4.69) is 0 Å². The Balaban J connectivity index is 1.76. The van der Waals surface area contributed by atoms with Gasteiger partial charge < -0.3 is 15.4 Å². The van der Waals surface area contributed by atoms with Gasteiger partial charge in [-0.15, -0.1) is 0 Å². The molecule has 1 heterocycles. The summed E-state index contributed by atoms with van der Waals surface area (Å²) in [6.45, 7) is 1.25. The predicted molar refractivity (Wildman–Crippen MR) is 74.1 cm³/mol. The van der Waals surface area contributed by atoms with Gasteiger partial charge in [0.15, 0.2) is 0 Å². The van der Waals surface area contributed by atoms with Crippen LogP contribution >= 0.6 is 0 Å². The van der Waals surface area contributed by atoms with Crippen LogP contribution in [-0.4, -0.2) is 30.1 Å². The number of carbonyl (C=O) groups is 1. The molecule has 0 aliphatic carbocycles. The minimum atomic E-state index is -0.316. The normalized spacial score (nSPS) is 18.8. The minimum absolute atomic E-state index is 0.0733. The fourth-order valence-electron chi connectivity index (χ4n) is 2.35. The fourth-order valence-corrected chi connectivity index (χ4v) is 2.35. The number of benzene rings is 2. The van der Waals surface area contributed by atoms with E-state index >= 15 is 0 Å². The van der Waals surface area contributed by atoms with Gasteiger partial charge in [-0.1, -0.05) is 30.3 Å². The van der Waals surface area contributed by atoms with E-state index in [-0.39, 0.29) is 12.1 Å². The van der Waals surface area contributed by atoms with E-state index in [0.29, 0.717) is 18.8 Å². The van der Waals surface area contributed by atoms with Crippen molar-refractivity contribution in [3.05, 3.63) is 42.5 Å². The Labute approximate surface area is 111 Å². The van der Waals surface area contributed by atoms with Gasteiger partial charge in [0.25, 0.3) is 0 Å². The summed E-state index contributed by atoms with van der Waals surface area (Å²) in [5, 5.41) is 2.19. The maximum absolute atomic E-state index is 11.9. The Hall–Kier alpha value is -2.07. The molecule has 1 unspecified atom stereocenters. The number of nitrogens with zero attached hydrogens (tertiary/aromatic N) is 1. The SMILES string of the molecule is NC1CCN(C(=O)Oc2ccc3ccccc3c2)C1. The van der Waals surface area contributed by atoms with Crippen LogP contribution in [-0.2, 0) is 0 Å². The van der Waals surface area contributed by atoms with Gasteiger partial charge in [-0.05, 0) is 29.3 Å². The van der Waals surface area contributed by atoms with Crippen molar-refractivity contribution in [1.29, 1.82) is 0 Å². The first-order chi connectivity index (χ1) is 9.22. The van der Waals surface area contributed by atoms with Crippen LogP contribution in [0.3, 0.4) is 0 Å². The maximum atomic E-state index is 11.9. The number of hydrogen-bond acceptors (Lipinski definition) is 3. The largest absolute Gasteiger partial charge is 0.415 e. The Morgan fingerprint density at radius 2 is 2.00 bits per heavy atom. The molecular weight excluding hydrogens is 240 g/mol. The summed E-state index contributed by atoms with van der Waals surface area (Å²) < 4.78 is 5.39. The highest BCUT2D eigenvalue weighted by atomic mass is 16.6. The predicted octanol–water partition coefficient (Wildman–Crippen LogP) is 2.37. The zero-order valence-electron chi connectivity index (χ0n) is 10.6. The number of likely N-dealkylation sites (tertiary alicyclic amines) is 1. The molecule has 4 nitrogen and oxygen atoms in total. The number of nitrogens with two attached hydrogens (primary N) is 1. The first-order valence-corrected chi connectivity index (χ1v) is 6.43. The number of fused-ring (bicyclic) bond motifs is 1. The summed E-state index contributed by atoms with van der Waals surface area (Å²) >= 11 is 0. The third kappa shape index (κ3) is 2.53. The lowest BCUT2D eigenvalue weighted by Crippen LogP contribution is -2.33. The standard InChI is InChI=1S/C15H16N2O2/c16-13-7-8-17(10-13)15(18)19-14-6-5-11-3-1-2-4-12(11)9-14/h1-6,9,13H,7-8,10,16H2. The van der Waals surface area contributed by atoms with Crippen molar-refractivity contribution in [1.82, 2.24) is 4.90 Å². The molecule has 0 saturated carbocycles. The zero-order chi connectivity index (χ0) is 13.2. The monoisotopic (exact) mass is 256 g/mol. The smallest absolute Gasteiger partial charge is 0.410 e. The molecule has 2 N–H and O–H groups in total. The van der Waals surface area contributed by atoms with Crippen LogP contribution in [0, 0.1) is 0 Å². The molecule has 0 spiro atoms. The second-order valence-electron chi connectivity index (χ2n) is 4.87. The van der Waals surface area contributed by atoms with Gasteiger partial charge in [-0.25, -0.2) is 4.79 Å². The highest BCUT2D eigenvalue weighted by Gasteiger charge is 2.25. The fraction of sp³-hybridized carbons (Fsp3) is 0.267. The van der Waals surface area contributed by atoms with Gasteiger partial charge in [-0.2, -0.15) is 0 Å². The topological polar surface area (TPSA) is 55.6 Å². The highest BCUT2D eigenvalue weighted by Crippen LogP contribution is 2.21. The number of amides is 1. The van der Waals surface area contributed by atoms with E-state index < -0.39 is 0 Å². The van der Waals surface area contributed by atoms with Crippen molar-refractivity contribution in [2.24, 2.45) is 5.73 Å². The van der Waals surface area contributed by atoms with E-state index in [1.807, 2.05) is 42.5 Å². The third-order valence-corrected chi connectivity index (χ3v) is 3.41. The molecule has 0 aromatic heterocycles. The lowest BCUT2D eigenvalue weighted by Gasteiger charge is -2.15. The summed E-state index contributed by atoms with van der Waals surface area (Å²) in [4.78, 5) is 13.6. The molecule has 3 rings (SSSR count). The molecule has 1 fully saturated rings. The summed E-state index contributed by atoms with van der Waals surface area (Å²) in [6.07, 6.45) is 0.524. The van der Waals surface area contributed by atoms with E-state index in [4.69, 9.17) is 10.5 Å². The van der Waals surface area contributed by atoms with Crippen molar-refractivity contribution in [2.45, 2.75) is 12.5 Å². The summed E-state index contributed by atoms with van der Waals surface area (Å²) in [5.74, 6) is 0.573. The van der Waals surface area contributed by atoms with Crippen LogP contribution in [0.1, 0.15) is 6.42 Å². The molecule has 1 atom stereocenters. The van der Waals surface area contributed by atoms with Crippen LogP contribution in [0.4, 0.5) is 4.79 Å². The van der Waals surface area contributed by atoms with Gasteiger partial charge >= 0.3 is 6.09 Å². The third-order valence-electron chi connectivity index (χ3n) is 3.41. The summed E-state index contributed by atoms with van der Waals surface area (Å²) in [6, 6.07) is 13.7.